The standard InChI is InChI=1S/C14H13BrFN3S/c1-7-3-11(16)10(15)6-12(7)19-13-5-9(14(17)20)4-8(2)18-13/h3-6H,1-2H3,(H2,17,20)(H,18,19). The van der Waals surface area contributed by atoms with Gasteiger partial charge in [0.15, 0.2) is 0 Å². The van der Waals surface area contributed by atoms with Crippen molar-refractivity contribution in [2.24, 2.45) is 5.73 Å². The van der Waals surface area contributed by atoms with Crippen molar-refractivity contribution >= 4 is 44.6 Å². The number of hydrogen-bond acceptors (Lipinski definition) is 3. The van der Waals surface area contributed by atoms with E-state index < -0.39 is 0 Å². The van der Waals surface area contributed by atoms with Gasteiger partial charge in [-0.25, -0.2) is 9.37 Å². The molecule has 0 aliphatic rings. The van der Waals surface area contributed by atoms with E-state index in [0.29, 0.717) is 15.3 Å². The molecule has 0 amide bonds. The van der Waals surface area contributed by atoms with Crippen LogP contribution in [-0.2, 0) is 0 Å². The lowest BCUT2D eigenvalue weighted by Gasteiger charge is -2.12. The van der Waals surface area contributed by atoms with Crippen LogP contribution < -0.4 is 11.1 Å². The molecule has 0 atom stereocenters. The van der Waals surface area contributed by atoms with Gasteiger partial charge < -0.3 is 11.1 Å². The molecular weight excluding hydrogens is 341 g/mol. The van der Waals surface area contributed by atoms with E-state index in [1.54, 1.807) is 12.1 Å². The quantitative estimate of drug-likeness (QED) is 0.819. The molecule has 0 saturated carbocycles. The normalized spacial score (nSPS) is 10.4. The minimum absolute atomic E-state index is 0.297. The molecule has 0 aliphatic carbocycles. The molecule has 1 heterocycles. The van der Waals surface area contributed by atoms with E-state index in [9.17, 15) is 4.39 Å². The number of nitrogens with one attached hydrogen (secondary N) is 1. The molecule has 20 heavy (non-hydrogen) atoms. The fourth-order valence-electron chi connectivity index (χ4n) is 1.79. The molecule has 2 rings (SSSR count). The number of hydrogen-bond donors (Lipinski definition) is 2. The molecule has 0 saturated heterocycles. The van der Waals surface area contributed by atoms with E-state index in [0.717, 1.165) is 22.5 Å². The van der Waals surface area contributed by atoms with Crippen LogP contribution in [0.3, 0.4) is 0 Å². The molecule has 2 aromatic rings. The lowest BCUT2D eigenvalue weighted by Crippen LogP contribution is -2.11. The Morgan fingerprint density at radius 3 is 2.65 bits per heavy atom. The highest BCUT2D eigenvalue weighted by Crippen LogP contribution is 2.26. The Kier molecular flexibility index (Phi) is 4.35. The zero-order valence-corrected chi connectivity index (χ0v) is 13.4. The van der Waals surface area contributed by atoms with Crippen molar-refractivity contribution in [2.45, 2.75) is 13.8 Å². The molecule has 1 aromatic heterocycles. The molecule has 0 unspecified atom stereocenters. The van der Waals surface area contributed by atoms with E-state index in [4.69, 9.17) is 18.0 Å². The summed E-state index contributed by atoms with van der Waals surface area (Å²) in [7, 11) is 0. The Bertz CT molecular complexity index is 688. The molecule has 6 heteroatoms. The molecule has 3 nitrogen and oxygen atoms in total. The van der Waals surface area contributed by atoms with Crippen molar-refractivity contribution in [1.29, 1.82) is 0 Å². The Hall–Kier alpha value is -1.53. The van der Waals surface area contributed by atoms with Crippen molar-refractivity contribution < 1.29 is 4.39 Å². The number of halogens is 2. The molecule has 0 aliphatic heterocycles. The average Bonchev–Trinajstić information content (AvgIpc) is 2.35. The number of aromatic nitrogens is 1. The smallest absolute Gasteiger partial charge is 0.137 e. The van der Waals surface area contributed by atoms with Gasteiger partial charge in [-0.2, -0.15) is 0 Å². The topological polar surface area (TPSA) is 50.9 Å². The van der Waals surface area contributed by atoms with Crippen molar-refractivity contribution in [3.05, 3.63) is 51.4 Å². The molecule has 0 fully saturated rings. The zero-order valence-electron chi connectivity index (χ0n) is 11.0. The van der Waals surface area contributed by atoms with Crippen LogP contribution in [0.25, 0.3) is 0 Å². The lowest BCUT2D eigenvalue weighted by molar-refractivity contribution is 0.620. The number of benzene rings is 1. The fourth-order valence-corrected chi connectivity index (χ4v) is 2.26. The Morgan fingerprint density at radius 1 is 1.30 bits per heavy atom. The Labute approximate surface area is 130 Å². The minimum Gasteiger partial charge on any atom is -0.389 e. The summed E-state index contributed by atoms with van der Waals surface area (Å²) in [6.45, 7) is 3.68. The van der Waals surface area contributed by atoms with E-state index in [1.165, 1.54) is 6.07 Å². The van der Waals surface area contributed by atoms with Crippen LogP contribution in [0.15, 0.2) is 28.7 Å². The summed E-state index contributed by atoms with van der Waals surface area (Å²) in [5.41, 5.74) is 8.74. The SMILES string of the molecule is Cc1cc(C(N)=S)cc(Nc2cc(Br)c(F)cc2C)n1. The van der Waals surface area contributed by atoms with Crippen LogP contribution in [0.1, 0.15) is 16.8 Å². The largest absolute Gasteiger partial charge is 0.389 e. The highest BCUT2D eigenvalue weighted by molar-refractivity contribution is 9.10. The highest BCUT2D eigenvalue weighted by atomic mass is 79.9. The predicted octanol–water partition coefficient (Wildman–Crippen LogP) is 3.98. The van der Waals surface area contributed by atoms with Crippen LogP contribution in [0.5, 0.6) is 0 Å². The van der Waals surface area contributed by atoms with Crippen molar-refractivity contribution in [2.75, 3.05) is 5.32 Å². The second-order valence-electron chi connectivity index (χ2n) is 4.45. The van der Waals surface area contributed by atoms with E-state index >= 15 is 0 Å². The molecule has 0 radical (unpaired) electrons. The van der Waals surface area contributed by atoms with Gasteiger partial charge in [-0.15, -0.1) is 0 Å². The number of pyridine rings is 1. The van der Waals surface area contributed by atoms with Gasteiger partial charge in [-0.3, -0.25) is 0 Å². The second-order valence-corrected chi connectivity index (χ2v) is 5.75. The van der Waals surface area contributed by atoms with E-state index in [-0.39, 0.29) is 5.82 Å². The predicted molar refractivity (Wildman–Crippen MR) is 87.0 cm³/mol. The summed E-state index contributed by atoms with van der Waals surface area (Å²) in [6.07, 6.45) is 0. The summed E-state index contributed by atoms with van der Waals surface area (Å²) in [4.78, 5) is 4.68. The van der Waals surface area contributed by atoms with Gasteiger partial charge in [-0.1, -0.05) is 12.2 Å². The first-order valence-electron chi connectivity index (χ1n) is 5.88. The number of nitrogens with two attached hydrogens (primary N) is 1. The van der Waals surface area contributed by atoms with Crippen molar-refractivity contribution in [3.8, 4) is 0 Å². The zero-order chi connectivity index (χ0) is 14.9. The minimum atomic E-state index is -0.297. The maximum absolute atomic E-state index is 13.4. The van der Waals surface area contributed by atoms with Crippen LogP contribution in [0.2, 0.25) is 0 Å². The first kappa shape index (κ1) is 14.9. The van der Waals surface area contributed by atoms with Crippen LogP contribution in [0, 0.1) is 19.7 Å². The van der Waals surface area contributed by atoms with Gasteiger partial charge >= 0.3 is 0 Å². The number of rotatable bonds is 3. The number of thiocarbonyl (C=S) groups is 1. The lowest BCUT2D eigenvalue weighted by atomic mass is 10.2. The maximum Gasteiger partial charge on any atom is 0.137 e. The Balaban J connectivity index is 2.40. The monoisotopic (exact) mass is 353 g/mol. The van der Waals surface area contributed by atoms with Gasteiger partial charge in [0.05, 0.1) is 4.47 Å². The number of anilines is 2. The summed E-state index contributed by atoms with van der Waals surface area (Å²) in [5, 5.41) is 3.15. The van der Waals surface area contributed by atoms with Gasteiger partial charge in [0.25, 0.3) is 0 Å². The van der Waals surface area contributed by atoms with E-state index in [1.807, 2.05) is 19.9 Å². The fraction of sp³-hybridized carbons (Fsp3) is 0.143. The van der Waals surface area contributed by atoms with Crippen LogP contribution in [-0.4, -0.2) is 9.97 Å². The van der Waals surface area contributed by atoms with Crippen LogP contribution in [0.4, 0.5) is 15.9 Å². The van der Waals surface area contributed by atoms with Crippen LogP contribution >= 0.6 is 28.1 Å². The Morgan fingerprint density at radius 2 is 2.00 bits per heavy atom. The van der Waals surface area contributed by atoms with Gasteiger partial charge in [0, 0.05) is 16.9 Å². The van der Waals surface area contributed by atoms with Gasteiger partial charge in [0.1, 0.15) is 16.6 Å². The number of nitrogens with zero attached hydrogens (tertiary/aromatic N) is 1. The van der Waals surface area contributed by atoms with E-state index in [2.05, 4.69) is 26.2 Å². The molecule has 0 spiro atoms. The maximum atomic E-state index is 13.4. The molecular formula is C14H13BrFN3S. The third kappa shape index (κ3) is 3.32. The summed E-state index contributed by atoms with van der Waals surface area (Å²) in [5.74, 6) is 0.323. The highest BCUT2D eigenvalue weighted by Gasteiger charge is 2.08. The summed E-state index contributed by atoms with van der Waals surface area (Å²) in [6, 6.07) is 6.72. The summed E-state index contributed by atoms with van der Waals surface area (Å²) < 4.78 is 13.8. The summed E-state index contributed by atoms with van der Waals surface area (Å²) >= 11 is 8.14. The first-order chi connectivity index (χ1) is 9.36. The third-order valence-electron chi connectivity index (χ3n) is 2.77. The van der Waals surface area contributed by atoms with Gasteiger partial charge in [0.2, 0.25) is 0 Å². The first-order valence-corrected chi connectivity index (χ1v) is 7.08. The second kappa shape index (κ2) is 5.85. The molecule has 104 valence electrons. The number of aryl methyl sites for hydroxylation is 2. The molecule has 1 aromatic carbocycles. The molecule has 3 N–H and O–H groups in total. The third-order valence-corrected chi connectivity index (χ3v) is 3.61. The van der Waals surface area contributed by atoms with Crippen molar-refractivity contribution in [1.82, 2.24) is 4.98 Å². The van der Waals surface area contributed by atoms with Crippen molar-refractivity contribution in [3.63, 3.8) is 0 Å². The average molecular weight is 354 g/mol. The molecule has 0 bridgehead atoms. The van der Waals surface area contributed by atoms with Gasteiger partial charge in [-0.05, 0) is 59.6 Å².